The molecule has 1 aliphatic heterocycles. The minimum atomic E-state index is -2.80. The van der Waals surface area contributed by atoms with Crippen LogP contribution in [-0.2, 0) is 0 Å². The topological polar surface area (TPSA) is 75.2 Å². The number of unbranched alkanes of at least 4 members (excludes halogenated alkanes) is 7. The van der Waals surface area contributed by atoms with Crippen LogP contribution in [0.4, 0.5) is 0 Å². The molecule has 0 aliphatic carbocycles. The summed E-state index contributed by atoms with van der Waals surface area (Å²) in [4.78, 5) is 10.9. The fourth-order valence-corrected chi connectivity index (χ4v) is 14.1. The largest absolute Gasteiger partial charge is 0.370 e. The van der Waals surface area contributed by atoms with E-state index < -0.39 is 5.31 Å². The van der Waals surface area contributed by atoms with Gasteiger partial charge in [0, 0.05) is 14.1 Å². The number of benzene rings is 4. The molecule has 48 heavy (non-hydrogen) atoms. The number of guanidine groups is 2. The summed E-state index contributed by atoms with van der Waals surface area (Å²) in [5, 5.41) is 4.41. The van der Waals surface area contributed by atoms with E-state index in [1.807, 2.05) is 43.3 Å². The zero-order valence-electron chi connectivity index (χ0n) is 28.2. The maximum Gasteiger partial charge on any atom is 0.197 e. The van der Waals surface area contributed by atoms with Gasteiger partial charge in [-0.25, -0.2) is 9.98 Å². The summed E-state index contributed by atoms with van der Waals surface area (Å²) >= 11 is 4.58. The van der Waals surface area contributed by atoms with Gasteiger partial charge in [0.15, 0.2) is 12.1 Å². The predicted molar refractivity (Wildman–Crippen MR) is 214 cm³/mol. The Morgan fingerprint density at radius 2 is 1.12 bits per heavy atom. The Balaban J connectivity index is 0.00000520. The molecule has 4 aromatic carbocycles. The number of nitrogens with two attached hydrogens (primary N) is 1. The van der Waals surface area contributed by atoms with E-state index in [0.717, 1.165) is 30.5 Å². The monoisotopic (exact) mass is 749 g/mol. The summed E-state index contributed by atoms with van der Waals surface area (Å²) in [6.45, 7) is 0.734. The maximum absolute atomic E-state index is 6.02. The van der Waals surface area contributed by atoms with Crippen LogP contribution in [0, 0.1) is 0 Å². The van der Waals surface area contributed by atoms with Crippen LogP contribution in [-0.4, -0.2) is 43.7 Å². The van der Waals surface area contributed by atoms with Gasteiger partial charge < -0.3 is 10.6 Å². The summed E-state index contributed by atoms with van der Waals surface area (Å²) in [6, 6.07) is 41.4. The van der Waals surface area contributed by atoms with Crippen molar-refractivity contribution in [2.45, 2.75) is 57.5 Å². The molecule has 6 nitrogen and oxygen atoms in total. The van der Waals surface area contributed by atoms with Crippen molar-refractivity contribution in [3.63, 3.8) is 0 Å². The van der Waals surface area contributed by atoms with Crippen LogP contribution < -0.4 is 31.7 Å². The molecule has 1 heterocycles. The average Bonchev–Trinajstić information content (AvgIpc) is 3.11. The molecule has 0 bridgehead atoms. The van der Waals surface area contributed by atoms with Crippen molar-refractivity contribution in [1.29, 1.82) is 0 Å². The van der Waals surface area contributed by atoms with E-state index in [4.69, 9.17) is 10.5 Å². The van der Waals surface area contributed by atoms with E-state index in [-0.39, 0.29) is 18.6 Å². The van der Waals surface area contributed by atoms with Gasteiger partial charge in [-0.05, 0) is 17.7 Å². The number of ether oxygens (including phenoxy) is 1. The van der Waals surface area contributed by atoms with Crippen molar-refractivity contribution in [1.82, 2.24) is 10.2 Å². The first kappa shape index (κ1) is 37.4. The van der Waals surface area contributed by atoms with Crippen LogP contribution in [0.25, 0.3) is 0 Å². The quantitative estimate of drug-likeness (QED) is 0.0894. The number of aliphatic imine (C=N–C) groups is 2. The van der Waals surface area contributed by atoms with E-state index in [9.17, 15) is 0 Å². The Morgan fingerprint density at radius 3 is 1.60 bits per heavy atom. The molecule has 0 saturated heterocycles. The number of nitrogens with zero attached hydrogens (tertiary/aromatic N) is 3. The average molecular weight is 751 g/mol. The Bertz CT molecular complexity index is 1500. The number of halogens is 2. The van der Waals surface area contributed by atoms with Gasteiger partial charge in [-0.1, -0.05) is 12.1 Å². The van der Waals surface area contributed by atoms with Crippen molar-refractivity contribution in [3.05, 3.63) is 121 Å². The fraction of sp³-hybridized carbons (Fsp3) is 0.333. The van der Waals surface area contributed by atoms with Gasteiger partial charge in [0.1, 0.15) is 0 Å². The maximum atomic E-state index is 6.02. The van der Waals surface area contributed by atoms with Crippen LogP contribution in [0.1, 0.15) is 63.1 Å². The van der Waals surface area contributed by atoms with Gasteiger partial charge in [-0.15, -0.1) is 12.4 Å². The molecule has 1 unspecified atom stereocenters. The third kappa shape index (κ3) is 8.99. The zero-order valence-corrected chi connectivity index (χ0v) is 31.5. The molecule has 9 heteroatoms. The van der Waals surface area contributed by atoms with Gasteiger partial charge in [0.2, 0.25) is 5.96 Å². The second kappa shape index (κ2) is 17.9. The predicted octanol–water partition coefficient (Wildman–Crippen LogP) is 8.28. The smallest absolute Gasteiger partial charge is 0.197 e. The molecule has 256 valence electrons. The molecule has 3 N–H and O–H groups in total. The van der Waals surface area contributed by atoms with Gasteiger partial charge >= 0.3 is 202 Å². The third-order valence-corrected chi connectivity index (χ3v) is 19.0. The number of hydrogen-bond acceptors (Lipinski definition) is 6. The third-order valence-electron chi connectivity index (χ3n) is 8.97. The summed E-state index contributed by atoms with van der Waals surface area (Å²) < 4.78 is 6.02. The molecule has 0 fully saturated rings. The SMILES string of the molecule is CN(C)C1=NC(c2ccc(OCCCCCCCCCCP(Br)(c3ccccc3)(c3ccccc3)c3ccccc3)cc2)N=C(N)N1.Cl. The first-order valence-electron chi connectivity index (χ1n) is 16.9. The minimum absolute atomic E-state index is 0. The number of rotatable bonds is 16. The molecular formula is C39H50BrClN5OP. The van der Waals surface area contributed by atoms with Gasteiger partial charge in [-0.3, -0.25) is 5.32 Å². The Kier molecular flexibility index (Phi) is 13.9. The summed E-state index contributed by atoms with van der Waals surface area (Å²) in [5.74, 6) is 1.95. The zero-order chi connectivity index (χ0) is 33.0. The normalized spacial score (nSPS) is 15.1. The molecular weight excluding hydrogens is 701 g/mol. The molecule has 5 rings (SSSR count). The van der Waals surface area contributed by atoms with Crippen molar-refractivity contribution in [2.75, 3.05) is 26.9 Å². The Hall–Kier alpha value is -3.38. The van der Waals surface area contributed by atoms with Gasteiger partial charge in [0.25, 0.3) is 0 Å². The first-order valence-corrected chi connectivity index (χ1v) is 21.3. The van der Waals surface area contributed by atoms with Crippen LogP contribution in [0.2, 0.25) is 0 Å². The van der Waals surface area contributed by atoms with Crippen LogP contribution in [0.5, 0.6) is 5.75 Å². The summed E-state index contributed by atoms with van der Waals surface area (Å²) in [6.07, 6.45) is 10.5. The van der Waals surface area contributed by atoms with Crippen molar-refractivity contribution in [2.24, 2.45) is 15.7 Å². The molecule has 0 saturated carbocycles. The molecule has 0 spiro atoms. The molecule has 1 aliphatic rings. The Morgan fingerprint density at radius 1 is 0.667 bits per heavy atom. The second-order valence-electron chi connectivity index (χ2n) is 12.5. The standard InChI is InChI=1S/C39H49BrN5OP.ClH/c1-45(2)39-43-37(42-38(41)44-39)32-26-28-33(29-27-32)46-30-18-7-5-3-4-6-8-19-31-47(40,34-20-12-9-13-21-34,35-22-14-10-15-23-35)36-24-16-11-17-25-36;/h9-17,20-29,37H,3-8,18-19,30-31H2,1-2H3,(H3,41,42,43,44);1H. The van der Waals surface area contributed by atoms with E-state index >= 15 is 0 Å². The van der Waals surface area contributed by atoms with Crippen LogP contribution in [0.3, 0.4) is 0 Å². The Labute approximate surface area is 301 Å². The minimum Gasteiger partial charge on any atom is -0.370 e. The first-order chi connectivity index (χ1) is 22.9. The van der Waals surface area contributed by atoms with Crippen LogP contribution in [0.15, 0.2) is 125 Å². The van der Waals surface area contributed by atoms with Gasteiger partial charge in [-0.2, -0.15) is 0 Å². The fourth-order valence-electron chi connectivity index (χ4n) is 6.38. The summed E-state index contributed by atoms with van der Waals surface area (Å²) in [5.41, 5.74) is 6.94. The second-order valence-corrected chi connectivity index (χ2v) is 21.6. The van der Waals surface area contributed by atoms with Crippen molar-refractivity contribution >= 4 is 61.0 Å². The molecule has 1 atom stereocenters. The number of nitrogens with one attached hydrogen (secondary N) is 1. The molecule has 0 radical (unpaired) electrons. The summed E-state index contributed by atoms with van der Waals surface area (Å²) in [7, 11) is 3.85. The van der Waals surface area contributed by atoms with Crippen molar-refractivity contribution < 1.29 is 4.74 Å². The number of hydrogen-bond donors (Lipinski definition) is 2. The van der Waals surface area contributed by atoms with E-state index in [2.05, 4.69) is 122 Å². The molecule has 4 aromatic rings. The van der Waals surface area contributed by atoms with Crippen molar-refractivity contribution in [3.8, 4) is 5.75 Å². The molecule has 0 aromatic heterocycles. The van der Waals surface area contributed by atoms with E-state index in [1.54, 1.807) is 0 Å². The van der Waals surface area contributed by atoms with E-state index in [0.29, 0.717) is 11.9 Å². The van der Waals surface area contributed by atoms with E-state index in [1.165, 1.54) is 60.9 Å². The van der Waals surface area contributed by atoms with Gasteiger partial charge in [0.05, 0.1) is 0 Å². The van der Waals surface area contributed by atoms with Crippen LogP contribution >= 0.6 is 33.2 Å². The molecule has 0 amide bonds.